The Morgan fingerprint density at radius 1 is 0.625 bits per heavy atom. The summed E-state index contributed by atoms with van der Waals surface area (Å²) in [6.07, 6.45) is 1.80. The van der Waals surface area contributed by atoms with Gasteiger partial charge in [-0.05, 0) is 36.4 Å². The maximum Gasteiger partial charge on any atom is 0.237 e. The van der Waals surface area contributed by atoms with Crippen LogP contribution >= 0.6 is 0 Å². The van der Waals surface area contributed by atoms with Crippen molar-refractivity contribution in [2.75, 3.05) is 0 Å². The van der Waals surface area contributed by atoms with E-state index in [4.69, 9.17) is 4.99 Å². The first kappa shape index (κ1) is 14.2. The largest absolute Gasteiger partial charge is 0.267 e. The predicted octanol–water partition coefficient (Wildman–Crippen LogP) is 3.90. The van der Waals surface area contributed by atoms with Crippen molar-refractivity contribution in [3.05, 3.63) is 103 Å². The third-order valence-electron chi connectivity index (χ3n) is 3.71. The number of hydrogen-bond donors (Lipinski definition) is 0. The monoisotopic (exact) mass is 312 g/mol. The van der Waals surface area contributed by atoms with Crippen LogP contribution < -0.4 is 5.62 Å². The summed E-state index contributed by atoms with van der Waals surface area (Å²) >= 11 is 0. The fourth-order valence-corrected chi connectivity index (χ4v) is 2.55. The van der Waals surface area contributed by atoms with E-state index in [1.54, 1.807) is 6.33 Å². The van der Waals surface area contributed by atoms with E-state index in [2.05, 4.69) is 5.10 Å². The Balaban J connectivity index is 1.97. The third-order valence-corrected chi connectivity index (χ3v) is 3.71. The van der Waals surface area contributed by atoms with Gasteiger partial charge in [0.25, 0.3) is 0 Å². The van der Waals surface area contributed by atoms with Crippen LogP contribution in [0.4, 0.5) is 5.69 Å². The summed E-state index contributed by atoms with van der Waals surface area (Å²) in [5.41, 5.74) is 3.63. The zero-order chi connectivity index (χ0) is 16.2. The zero-order valence-electron chi connectivity index (χ0n) is 13.0. The first-order valence-corrected chi connectivity index (χ1v) is 7.79. The number of aromatic nitrogens is 3. The Bertz CT molecular complexity index is 924. The van der Waals surface area contributed by atoms with E-state index in [0.717, 1.165) is 22.7 Å². The molecule has 0 fully saturated rings. The van der Waals surface area contributed by atoms with Gasteiger partial charge >= 0.3 is 0 Å². The molecule has 0 aliphatic rings. The van der Waals surface area contributed by atoms with Crippen molar-refractivity contribution >= 4 is 5.69 Å². The second kappa shape index (κ2) is 6.38. The molecular formula is C20H16N4. The first-order chi connectivity index (χ1) is 11.9. The Kier molecular flexibility index (Phi) is 3.78. The topological polar surface area (TPSA) is 35.1 Å². The van der Waals surface area contributed by atoms with Crippen molar-refractivity contribution in [1.82, 2.24) is 14.3 Å². The van der Waals surface area contributed by atoms with Gasteiger partial charge in [-0.2, -0.15) is 9.78 Å². The highest BCUT2D eigenvalue weighted by atomic mass is 15.4. The van der Waals surface area contributed by atoms with Gasteiger partial charge in [-0.1, -0.05) is 54.6 Å². The normalized spacial score (nSPS) is 11.6. The number of para-hydroxylation sites is 3. The lowest BCUT2D eigenvalue weighted by Crippen LogP contribution is -2.24. The summed E-state index contributed by atoms with van der Waals surface area (Å²) in [5.74, 6) is 0. The molecular weight excluding hydrogens is 296 g/mol. The van der Waals surface area contributed by atoms with Crippen molar-refractivity contribution in [2.45, 2.75) is 0 Å². The minimum absolute atomic E-state index is 0.749. The molecule has 0 saturated carbocycles. The van der Waals surface area contributed by atoms with Crippen molar-refractivity contribution < 1.29 is 0 Å². The Morgan fingerprint density at radius 2 is 1.17 bits per heavy atom. The highest BCUT2D eigenvalue weighted by molar-refractivity contribution is 5.38. The minimum Gasteiger partial charge on any atom is -0.267 e. The molecule has 4 rings (SSSR count). The average Bonchev–Trinajstić information content (AvgIpc) is 3.07. The van der Waals surface area contributed by atoms with Crippen LogP contribution in [0.5, 0.6) is 0 Å². The average molecular weight is 312 g/mol. The number of rotatable bonds is 3. The molecule has 1 aromatic heterocycles. The lowest BCUT2D eigenvalue weighted by Gasteiger charge is -2.04. The van der Waals surface area contributed by atoms with Gasteiger partial charge in [0.2, 0.25) is 5.62 Å². The van der Waals surface area contributed by atoms with Crippen LogP contribution in [-0.4, -0.2) is 14.3 Å². The molecule has 24 heavy (non-hydrogen) atoms. The van der Waals surface area contributed by atoms with Crippen LogP contribution in [0.2, 0.25) is 0 Å². The van der Waals surface area contributed by atoms with Gasteiger partial charge in [0.15, 0.2) is 0 Å². The van der Waals surface area contributed by atoms with Crippen molar-refractivity contribution in [3.8, 4) is 11.4 Å². The molecule has 4 aromatic rings. The SMILES string of the molecule is c1ccc(N=c2n(-c3ccccc3)cnn2-c2ccccc2)cc1. The Hall–Kier alpha value is -3.40. The fraction of sp³-hybridized carbons (Fsp3) is 0. The molecule has 0 radical (unpaired) electrons. The smallest absolute Gasteiger partial charge is 0.237 e. The third kappa shape index (κ3) is 2.77. The molecule has 0 spiro atoms. The maximum absolute atomic E-state index is 4.82. The van der Waals surface area contributed by atoms with Crippen LogP contribution in [0, 0.1) is 0 Å². The molecule has 0 amide bonds. The lowest BCUT2D eigenvalue weighted by molar-refractivity contribution is 0.801. The van der Waals surface area contributed by atoms with E-state index >= 15 is 0 Å². The van der Waals surface area contributed by atoms with Gasteiger partial charge in [-0.3, -0.25) is 4.57 Å². The summed E-state index contributed by atoms with van der Waals surface area (Å²) in [6.45, 7) is 0. The van der Waals surface area contributed by atoms with Gasteiger partial charge in [0.1, 0.15) is 6.33 Å². The quantitative estimate of drug-likeness (QED) is 0.565. The molecule has 0 saturated heterocycles. The molecule has 116 valence electrons. The predicted molar refractivity (Wildman–Crippen MR) is 94.6 cm³/mol. The van der Waals surface area contributed by atoms with Gasteiger partial charge in [0, 0.05) is 0 Å². The Morgan fingerprint density at radius 3 is 1.79 bits per heavy atom. The molecule has 3 aromatic carbocycles. The van der Waals surface area contributed by atoms with Gasteiger partial charge in [0.05, 0.1) is 17.1 Å². The summed E-state index contributed by atoms with van der Waals surface area (Å²) < 4.78 is 3.83. The van der Waals surface area contributed by atoms with Crippen LogP contribution in [0.25, 0.3) is 11.4 Å². The molecule has 0 bridgehead atoms. The molecule has 0 aliphatic carbocycles. The molecule has 4 nitrogen and oxygen atoms in total. The number of nitrogens with zero attached hydrogens (tertiary/aromatic N) is 4. The van der Waals surface area contributed by atoms with E-state index < -0.39 is 0 Å². The summed E-state index contributed by atoms with van der Waals surface area (Å²) in [4.78, 5) is 4.82. The molecule has 1 heterocycles. The lowest BCUT2D eigenvalue weighted by atomic mass is 10.3. The van der Waals surface area contributed by atoms with Crippen LogP contribution in [0.3, 0.4) is 0 Å². The van der Waals surface area contributed by atoms with E-state index in [-0.39, 0.29) is 0 Å². The van der Waals surface area contributed by atoms with E-state index in [9.17, 15) is 0 Å². The number of benzene rings is 3. The summed E-state index contributed by atoms with van der Waals surface area (Å²) in [7, 11) is 0. The second-order valence-corrected chi connectivity index (χ2v) is 5.33. The maximum atomic E-state index is 4.82. The van der Waals surface area contributed by atoms with Crippen molar-refractivity contribution in [1.29, 1.82) is 0 Å². The summed E-state index contributed by atoms with van der Waals surface area (Å²) in [6, 6.07) is 30.0. The zero-order valence-corrected chi connectivity index (χ0v) is 13.0. The molecule has 0 aliphatic heterocycles. The van der Waals surface area contributed by atoms with E-state index in [0.29, 0.717) is 0 Å². The minimum atomic E-state index is 0.749. The summed E-state index contributed by atoms with van der Waals surface area (Å²) in [5, 5.41) is 4.54. The van der Waals surface area contributed by atoms with Crippen molar-refractivity contribution in [3.63, 3.8) is 0 Å². The van der Waals surface area contributed by atoms with Gasteiger partial charge in [-0.15, -0.1) is 0 Å². The highest BCUT2D eigenvalue weighted by Gasteiger charge is 2.07. The second-order valence-electron chi connectivity index (χ2n) is 5.33. The van der Waals surface area contributed by atoms with E-state index in [1.165, 1.54) is 0 Å². The molecule has 0 atom stereocenters. The number of hydrogen-bond acceptors (Lipinski definition) is 2. The van der Waals surface area contributed by atoms with Crippen LogP contribution in [0.15, 0.2) is 102 Å². The fourth-order valence-electron chi connectivity index (χ4n) is 2.55. The van der Waals surface area contributed by atoms with Gasteiger partial charge in [-0.25, -0.2) is 4.99 Å². The van der Waals surface area contributed by atoms with Crippen molar-refractivity contribution in [2.24, 2.45) is 4.99 Å². The first-order valence-electron chi connectivity index (χ1n) is 7.79. The van der Waals surface area contributed by atoms with Crippen LogP contribution in [-0.2, 0) is 0 Å². The highest BCUT2D eigenvalue weighted by Crippen LogP contribution is 2.11. The molecule has 4 heteroatoms. The van der Waals surface area contributed by atoms with Gasteiger partial charge < -0.3 is 0 Å². The molecule has 0 N–H and O–H groups in total. The molecule has 0 unspecified atom stereocenters. The van der Waals surface area contributed by atoms with Crippen LogP contribution in [0.1, 0.15) is 0 Å². The Labute approximate surface area is 140 Å². The standard InChI is InChI=1S/C20H16N4/c1-4-10-17(11-5-1)22-20-23(18-12-6-2-7-13-18)16-21-24(20)19-14-8-3-9-15-19/h1-16H. The van der Waals surface area contributed by atoms with E-state index in [1.807, 2.05) is 100 Å².